The van der Waals surface area contributed by atoms with Gasteiger partial charge in [0.1, 0.15) is 5.82 Å². The van der Waals surface area contributed by atoms with Gasteiger partial charge >= 0.3 is 6.18 Å². The van der Waals surface area contributed by atoms with Crippen LogP contribution in [0.25, 0.3) is 0 Å². The number of rotatable bonds is 0. The Labute approximate surface area is 71.2 Å². The van der Waals surface area contributed by atoms with E-state index < -0.39 is 16.8 Å². The monoisotopic (exact) mass is 196 g/mol. The lowest BCUT2D eigenvalue weighted by Gasteiger charge is -2.08. The van der Waals surface area contributed by atoms with Gasteiger partial charge in [-0.25, -0.2) is 4.98 Å². The van der Waals surface area contributed by atoms with Crippen molar-refractivity contribution in [2.45, 2.75) is 6.18 Å². The van der Waals surface area contributed by atoms with Crippen molar-refractivity contribution >= 4 is 17.4 Å². The van der Waals surface area contributed by atoms with Crippen LogP contribution in [-0.2, 0) is 6.18 Å². The molecule has 1 heterocycles. The summed E-state index contributed by atoms with van der Waals surface area (Å²) >= 11 is 5.27. The molecule has 0 bridgehead atoms. The van der Waals surface area contributed by atoms with Crippen molar-refractivity contribution in [3.05, 3.63) is 22.8 Å². The Hall–Kier alpha value is -0.970. The molecule has 0 aliphatic heterocycles. The Morgan fingerprint density at radius 3 is 2.42 bits per heavy atom. The lowest BCUT2D eigenvalue weighted by atomic mass is 10.2. The van der Waals surface area contributed by atoms with Gasteiger partial charge in [0.05, 0.1) is 10.6 Å². The van der Waals surface area contributed by atoms with Crippen LogP contribution >= 0.6 is 11.6 Å². The molecule has 2 nitrogen and oxygen atoms in total. The van der Waals surface area contributed by atoms with Crippen LogP contribution in [0.2, 0.25) is 5.02 Å². The second-order valence-corrected chi connectivity index (χ2v) is 2.43. The minimum Gasteiger partial charge on any atom is -0.382 e. The summed E-state index contributed by atoms with van der Waals surface area (Å²) in [5.41, 5.74) is 4.11. The zero-order valence-electron chi connectivity index (χ0n) is 5.69. The fourth-order valence-corrected chi connectivity index (χ4v) is 0.898. The number of alkyl halides is 3. The molecule has 2 N–H and O–H groups in total. The summed E-state index contributed by atoms with van der Waals surface area (Å²) < 4.78 is 36.2. The van der Waals surface area contributed by atoms with Crippen LogP contribution in [0.1, 0.15) is 5.56 Å². The molecule has 1 aromatic heterocycles. The Balaban J connectivity index is 3.26. The number of hydrogen-bond acceptors (Lipinski definition) is 2. The van der Waals surface area contributed by atoms with Crippen LogP contribution in [-0.4, -0.2) is 4.98 Å². The smallest absolute Gasteiger partial charge is 0.382 e. The van der Waals surface area contributed by atoms with Crippen LogP contribution in [0.3, 0.4) is 0 Å². The van der Waals surface area contributed by atoms with Crippen LogP contribution in [0, 0.1) is 0 Å². The summed E-state index contributed by atoms with van der Waals surface area (Å²) in [6.45, 7) is 0. The third-order valence-electron chi connectivity index (χ3n) is 1.22. The molecule has 0 amide bonds. The number of aromatic nitrogens is 1. The van der Waals surface area contributed by atoms with Gasteiger partial charge in [0.2, 0.25) is 0 Å². The van der Waals surface area contributed by atoms with Gasteiger partial charge < -0.3 is 5.73 Å². The molecule has 0 atom stereocenters. The molecular weight excluding hydrogens is 193 g/mol. The normalized spacial score (nSPS) is 11.7. The highest BCUT2D eigenvalue weighted by Crippen LogP contribution is 2.35. The maximum absolute atomic E-state index is 12.1. The maximum Gasteiger partial charge on any atom is 0.418 e. The van der Waals surface area contributed by atoms with Crippen LogP contribution in [0.5, 0.6) is 0 Å². The number of nitrogens with two attached hydrogens (primary N) is 1. The molecule has 66 valence electrons. The fraction of sp³-hybridized carbons (Fsp3) is 0.167. The highest BCUT2D eigenvalue weighted by molar-refractivity contribution is 6.33. The molecule has 0 saturated carbocycles. The van der Waals surface area contributed by atoms with Gasteiger partial charge in [-0.2, -0.15) is 13.2 Å². The molecular formula is C6H4ClF3N2. The molecule has 0 aromatic carbocycles. The van der Waals surface area contributed by atoms with E-state index in [-0.39, 0.29) is 5.82 Å². The van der Waals surface area contributed by atoms with Crippen molar-refractivity contribution in [3.63, 3.8) is 0 Å². The van der Waals surface area contributed by atoms with Crippen molar-refractivity contribution in [1.82, 2.24) is 4.98 Å². The van der Waals surface area contributed by atoms with Crippen LogP contribution < -0.4 is 5.73 Å². The number of nitrogens with zero attached hydrogens (tertiary/aromatic N) is 1. The van der Waals surface area contributed by atoms with Gasteiger partial charge in [0.15, 0.2) is 0 Å². The first-order valence-electron chi connectivity index (χ1n) is 2.90. The SMILES string of the molecule is Nc1nccc(C(F)(F)F)c1Cl. The highest BCUT2D eigenvalue weighted by atomic mass is 35.5. The van der Waals surface area contributed by atoms with E-state index >= 15 is 0 Å². The molecule has 0 spiro atoms. The minimum atomic E-state index is -4.48. The predicted molar refractivity (Wildman–Crippen MR) is 38.7 cm³/mol. The van der Waals surface area contributed by atoms with Gasteiger partial charge in [-0.05, 0) is 6.07 Å². The minimum absolute atomic E-state index is 0.313. The third-order valence-corrected chi connectivity index (χ3v) is 1.62. The van der Waals surface area contributed by atoms with Gasteiger partial charge in [-0.3, -0.25) is 0 Å². The average molecular weight is 197 g/mol. The van der Waals surface area contributed by atoms with E-state index in [9.17, 15) is 13.2 Å². The second-order valence-electron chi connectivity index (χ2n) is 2.06. The molecule has 0 aliphatic rings. The molecule has 0 fully saturated rings. The zero-order chi connectivity index (χ0) is 9.35. The van der Waals surface area contributed by atoms with Crippen molar-refractivity contribution in [1.29, 1.82) is 0 Å². The largest absolute Gasteiger partial charge is 0.418 e. The second kappa shape index (κ2) is 2.82. The first-order valence-corrected chi connectivity index (χ1v) is 3.28. The van der Waals surface area contributed by atoms with E-state index in [4.69, 9.17) is 17.3 Å². The van der Waals surface area contributed by atoms with E-state index in [1.54, 1.807) is 0 Å². The molecule has 0 aliphatic carbocycles. The Kier molecular flexibility index (Phi) is 2.14. The molecule has 12 heavy (non-hydrogen) atoms. The summed E-state index contributed by atoms with van der Waals surface area (Å²) in [6, 6.07) is 0.776. The lowest BCUT2D eigenvalue weighted by Crippen LogP contribution is -2.07. The summed E-state index contributed by atoms with van der Waals surface area (Å²) in [4.78, 5) is 3.40. The van der Waals surface area contributed by atoms with E-state index in [1.165, 1.54) is 0 Å². The van der Waals surface area contributed by atoms with E-state index in [1.807, 2.05) is 0 Å². The molecule has 6 heteroatoms. The molecule has 0 saturated heterocycles. The molecule has 1 rings (SSSR count). The number of hydrogen-bond donors (Lipinski definition) is 1. The van der Waals surface area contributed by atoms with Crippen molar-refractivity contribution in [2.24, 2.45) is 0 Å². The predicted octanol–water partition coefficient (Wildman–Crippen LogP) is 2.34. The highest BCUT2D eigenvalue weighted by Gasteiger charge is 2.33. The average Bonchev–Trinajstić information content (AvgIpc) is 1.92. The van der Waals surface area contributed by atoms with E-state index in [2.05, 4.69) is 4.98 Å². The number of anilines is 1. The van der Waals surface area contributed by atoms with Crippen LogP contribution in [0.4, 0.5) is 19.0 Å². The summed E-state index contributed by atoms with van der Waals surface area (Å²) in [7, 11) is 0. The molecule has 0 unspecified atom stereocenters. The maximum atomic E-state index is 12.1. The lowest BCUT2D eigenvalue weighted by molar-refractivity contribution is -0.137. The van der Waals surface area contributed by atoms with Crippen molar-refractivity contribution in [2.75, 3.05) is 5.73 Å². The first kappa shape index (κ1) is 9.12. The summed E-state index contributed by atoms with van der Waals surface area (Å²) in [5, 5.41) is -0.551. The van der Waals surface area contributed by atoms with Crippen molar-refractivity contribution < 1.29 is 13.2 Å². The zero-order valence-corrected chi connectivity index (χ0v) is 6.45. The summed E-state index contributed by atoms with van der Waals surface area (Å²) in [6.07, 6.45) is -3.52. The fourth-order valence-electron chi connectivity index (χ4n) is 0.679. The molecule has 0 radical (unpaired) electrons. The number of halogens is 4. The Bertz CT molecular complexity index is 297. The van der Waals surface area contributed by atoms with Gasteiger partial charge in [0, 0.05) is 6.20 Å². The van der Waals surface area contributed by atoms with Crippen molar-refractivity contribution in [3.8, 4) is 0 Å². The van der Waals surface area contributed by atoms with E-state index in [0.717, 1.165) is 12.3 Å². The van der Waals surface area contributed by atoms with Gasteiger partial charge in [0.25, 0.3) is 0 Å². The number of pyridine rings is 1. The number of nitrogen functional groups attached to an aromatic ring is 1. The topological polar surface area (TPSA) is 38.9 Å². The van der Waals surface area contributed by atoms with Gasteiger partial charge in [-0.15, -0.1) is 0 Å². The van der Waals surface area contributed by atoms with E-state index in [0.29, 0.717) is 0 Å². The first-order chi connectivity index (χ1) is 5.43. The third kappa shape index (κ3) is 1.61. The standard InChI is InChI=1S/C6H4ClF3N2/c7-4-3(6(8,9)10)1-2-12-5(4)11/h1-2H,(H2,11,12). The summed E-state index contributed by atoms with van der Waals surface area (Å²) in [5.74, 6) is -0.313. The molecule has 1 aromatic rings. The Morgan fingerprint density at radius 2 is 2.00 bits per heavy atom. The Morgan fingerprint density at radius 1 is 1.42 bits per heavy atom. The quantitative estimate of drug-likeness (QED) is 0.692. The van der Waals surface area contributed by atoms with Crippen LogP contribution in [0.15, 0.2) is 12.3 Å². The van der Waals surface area contributed by atoms with Gasteiger partial charge in [-0.1, -0.05) is 11.6 Å².